The molecule has 0 radical (unpaired) electrons. The maximum absolute atomic E-state index is 14.6. The number of para-hydroxylation sites is 1. The summed E-state index contributed by atoms with van der Waals surface area (Å²) in [7, 11) is 0. The zero-order valence-electron chi connectivity index (χ0n) is 15.3. The Morgan fingerprint density at radius 3 is 2.85 bits per heavy atom. The Balaban J connectivity index is 1.74. The van der Waals surface area contributed by atoms with Crippen LogP contribution in [-0.4, -0.2) is 35.6 Å². The van der Waals surface area contributed by atoms with E-state index in [-0.39, 0.29) is 18.5 Å². The van der Waals surface area contributed by atoms with Gasteiger partial charge in [-0.15, -0.1) is 0 Å². The molecule has 7 nitrogen and oxygen atoms in total. The van der Waals surface area contributed by atoms with Crippen LogP contribution in [0.25, 0.3) is 0 Å². The summed E-state index contributed by atoms with van der Waals surface area (Å²) >= 11 is 0. The largest absolute Gasteiger partial charge is 0.368 e. The molecule has 0 bridgehead atoms. The van der Waals surface area contributed by atoms with Gasteiger partial charge in [0.2, 0.25) is 5.95 Å². The van der Waals surface area contributed by atoms with Gasteiger partial charge < -0.3 is 11.1 Å². The van der Waals surface area contributed by atoms with Crippen LogP contribution in [0.15, 0.2) is 24.4 Å². The molecule has 142 valence electrons. The predicted molar refractivity (Wildman–Crippen MR) is 102 cm³/mol. The van der Waals surface area contributed by atoms with Gasteiger partial charge in [0.15, 0.2) is 0 Å². The zero-order valence-corrected chi connectivity index (χ0v) is 15.3. The van der Waals surface area contributed by atoms with Crippen molar-refractivity contribution in [3.8, 4) is 0 Å². The number of aryl methyl sites for hydroxylation is 1. The molecule has 3 heterocycles. The predicted octanol–water partition coefficient (Wildman–Crippen LogP) is 2.45. The fraction of sp³-hybridized carbons (Fsp3) is 0.421. The van der Waals surface area contributed by atoms with Crippen molar-refractivity contribution in [3.05, 3.63) is 41.3 Å². The van der Waals surface area contributed by atoms with Crippen molar-refractivity contribution in [1.29, 1.82) is 0 Å². The minimum atomic E-state index is -0.412. The average Bonchev–Trinajstić information content (AvgIpc) is 2.66. The topological polar surface area (TPSA) is 87.4 Å². The molecule has 27 heavy (non-hydrogen) atoms. The van der Waals surface area contributed by atoms with Gasteiger partial charge in [-0.25, -0.2) is 14.2 Å². The molecule has 4 rings (SSSR count). The quantitative estimate of drug-likeness (QED) is 0.867. The normalized spacial score (nSPS) is 17.9. The van der Waals surface area contributed by atoms with E-state index in [0.717, 1.165) is 31.5 Å². The summed E-state index contributed by atoms with van der Waals surface area (Å²) in [5, 5.41) is 3.33. The van der Waals surface area contributed by atoms with E-state index in [9.17, 15) is 9.18 Å². The molecule has 2 aromatic rings. The number of fused-ring (bicyclic) bond motifs is 1. The molecule has 0 aliphatic carbocycles. The number of halogens is 1. The fourth-order valence-electron chi connectivity index (χ4n) is 3.86. The fourth-order valence-corrected chi connectivity index (χ4v) is 3.86. The number of amides is 2. The first-order valence-electron chi connectivity index (χ1n) is 9.21. The number of nitrogen functional groups attached to an aromatic ring is 1. The van der Waals surface area contributed by atoms with Crippen LogP contribution in [0, 0.1) is 18.7 Å². The Kier molecular flexibility index (Phi) is 4.65. The third kappa shape index (κ3) is 3.32. The average molecular weight is 370 g/mol. The van der Waals surface area contributed by atoms with E-state index in [1.807, 2.05) is 0 Å². The molecule has 0 spiro atoms. The number of nitrogens with one attached hydrogen (secondary N) is 1. The van der Waals surface area contributed by atoms with E-state index < -0.39 is 5.82 Å². The number of hydrogen-bond donors (Lipinski definition) is 2. The first-order valence-corrected chi connectivity index (χ1v) is 9.21. The van der Waals surface area contributed by atoms with Gasteiger partial charge in [-0.05, 0) is 50.4 Å². The van der Waals surface area contributed by atoms with Crippen molar-refractivity contribution in [2.24, 2.45) is 5.92 Å². The highest BCUT2D eigenvalue weighted by molar-refractivity contribution is 6.05. The monoisotopic (exact) mass is 370 g/mol. The summed E-state index contributed by atoms with van der Waals surface area (Å²) < 4.78 is 14.6. The number of nitrogens with two attached hydrogens (primary N) is 1. The van der Waals surface area contributed by atoms with Gasteiger partial charge >= 0.3 is 6.03 Å². The van der Waals surface area contributed by atoms with Crippen LogP contribution >= 0.6 is 0 Å². The summed E-state index contributed by atoms with van der Waals surface area (Å²) in [6.45, 7) is 4.42. The minimum Gasteiger partial charge on any atom is -0.368 e. The molecular weight excluding hydrogens is 347 g/mol. The second-order valence-corrected chi connectivity index (χ2v) is 7.16. The Morgan fingerprint density at radius 1 is 1.33 bits per heavy atom. The summed E-state index contributed by atoms with van der Waals surface area (Å²) in [5.41, 5.74) is 7.56. The van der Waals surface area contributed by atoms with Crippen LogP contribution in [0.5, 0.6) is 0 Å². The lowest BCUT2D eigenvalue weighted by Gasteiger charge is -2.38. The summed E-state index contributed by atoms with van der Waals surface area (Å²) in [6, 6.07) is 4.56. The van der Waals surface area contributed by atoms with E-state index in [1.165, 1.54) is 11.0 Å². The van der Waals surface area contributed by atoms with E-state index in [4.69, 9.17) is 5.73 Å². The number of anilines is 3. The van der Waals surface area contributed by atoms with Crippen molar-refractivity contribution < 1.29 is 9.18 Å². The van der Waals surface area contributed by atoms with Crippen molar-refractivity contribution >= 4 is 23.5 Å². The Labute approximate surface area is 157 Å². The van der Waals surface area contributed by atoms with Gasteiger partial charge in [-0.2, -0.15) is 4.98 Å². The summed E-state index contributed by atoms with van der Waals surface area (Å²) in [6.07, 6.45) is 3.60. The zero-order chi connectivity index (χ0) is 19.0. The molecule has 0 unspecified atom stereocenters. The highest BCUT2D eigenvalue weighted by Gasteiger charge is 2.36. The standard InChI is InChI=1S/C19H23FN6O/c1-12-3-2-4-15(20)16(12)25-11-14-9-23-18(21)24-17(14)26(19(25)27)10-13-5-7-22-8-6-13/h2-4,9,13,22H,5-8,10-11H2,1H3,(H2,21,23,24). The number of aromatic nitrogens is 2. The third-order valence-corrected chi connectivity index (χ3v) is 5.26. The van der Waals surface area contributed by atoms with Gasteiger partial charge in [0.25, 0.3) is 0 Å². The molecule has 1 aromatic carbocycles. The highest BCUT2D eigenvalue weighted by atomic mass is 19.1. The number of benzene rings is 1. The summed E-state index contributed by atoms with van der Waals surface area (Å²) in [5.74, 6) is 0.620. The first-order chi connectivity index (χ1) is 13.0. The lowest BCUT2D eigenvalue weighted by atomic mass is 9.97. The maximum Gasteiger partial charge on any atom is 0.330 e. The molecular formula is C19H23FN6O. The Bertz CT molecular complexity index is 847. The van der Waals surface area contributed by atoms with Crippen LogP contribution in [-0.2, 0) is 6.54 Å². The molecule has 1 saturated heterocycles. The van der Waals surface area contributed by atoms with Crippen LogP contribution in [0.3, 0.4) is 0 Å². The summed E-state index contributed by atoms with van der Waals surface area (Å²) in [4.78, 5) is 24.9. The van der Waals surface area contributed by atoms with Crippen molar-refractivity contribution in [3.63, 3.8) is 0 Å². The molecule has 8 heteroatoms. The van der Waals surface area contributed by atoms with Crippen LogP contribution < -0.4 is 20.9 Å². The molecule has 0 atom stereocenters. The van der Waals surface area contributed by atoms with Gasteiger partial charge in [-0.1, -0.05) is 12.1 Å². The Morgan fingerprint density at radius 2 is 2.11 bits per heavy atom. The van der Waals surface area contributed by atoms with Crippen LogP contribution in [0.4, 0.5) is 26.6 Å². The van der Waals surface area contributed by atoms with Crippen molar-refractivity contribution in [2.45, 2.75) is 26.3 Å². The molecule has 2 amide bonds. The number of carbonyl (C=O) groups is 1. The maximum atomic E-state index is 14.6. The molecule has 2 aliphatic heterocycles. The van der Waals surface area contributed by atoms with Crippen molar-refractivity contribution in [2.75, 3.05) is 35.2 Å². The number of nitrogens with zero attached hydrogens (tertiary/aromatic N) is 4. The number of piperidine rings is 1. The number of urea groups is 1. The molecule has 2 aliphatic rings. The second kappa shape index (κ2) is 7.11. The Hall–Kier alpha value is -2.74. The molecule has 3 N–H and O–H groups in total. The second-order valence-electron chi connectivity index (χ2n) is 7.16. The SMILES string of the molecule is Cc1cccc(F)c1N1Cc2cnc(N)nc2N(CC2CCNCC2)C1=O. The number of hydrogen-bond acceptors (Lipinski definition) is 5. The van der Waals surface area contributed by atoms with E-state index in [1.54, 1.807) is 30.2 Å². The van der Waals surface area contributed by atoms with Gasteiger partial charge in [0, 0.05) is 18.3 Å². The van der Waals surface area contributed by atoms with Crippen LogP contribution in [0.1, 0.15) is 24.0 Å². The van der Waals surface area contributed by atoms with Gasteiger partial charge in [0.1, 0.15) is 11.6 Å². The lowest BCUT2D eigenvalue weighted by molar-refractivity contribution is 0.246. The highest BCUT2D eigenvalue weighted by Crippen LogP contribution is 2.34. The van der Waals surface area contributed by atoms with Gasteiger partial charge in [0.05, 0.1) is 12.2 Å². The van der Waals surface area contributed by atoms with Gasteiger partial charge in [-0.3, -0.25) is 9.80 Å². The molecule has 1 aromatic heterocycles. The number of rotatable bonds is 3. The van der Waals surface area contributed by atoms with E-state index in [2.05, 4.69) is 15.3 Å². The minimum absolute atomic E-state index is 0.132. The van der Waals surface area contributed by atoms with Crippen molar-refractivity contribution in [1.82, 2.24) is 15.3 Å². The smallest absolute Gasteiger partial charge is 0.330 e. The first kappa shape index (κ1) is 17.7. The van der Waals surface area contributed by atoms with E-state index >= 15 is 0 Å². The van der Waals surface area contributed by atoms with Crippen LogP contribution in [0.2, 0.25) is 0 Å². The molecule has 0 saturated carbocycles. The molecule has 1 fully saturated rings. The lowest BCUT2D eigenvalue weighted by Crippen LogP contribution is -2.51. The number of carbonyl (C=O) groups excluding carboxylic acids is 1. The van der Waals surface area contributed by atoms with E-state index in [0.29, 0.717) is 29.5 Å². The third-order valence-electron chi connectivity index (χ3n) is 5.26.